The molecule has 2 rings (SSSR count). The van der Waals surface area contributed by atoms with Crippen LogP contribution in [0.3, 0.4) is 0 Å². The molecule has 1 atom stereocenters. The topological polar surface area (TPSA) is 48.1 Å². The van der Waals surface area contributed by atoms with E-state index in [2.05, 4.69) is 20.8 Å². The molecule has 0 radical (unpaired) electrons. The second-order valence-electron chi connectivity index (χ2n) is 4.93. The summed E-state index contributed by atoms with van der Waals surface area (Å²) in [5, 5.41) is 1.14. The number of rotatable bonds is 6. The number of thiazole rings is 1. The van der Waals surface area contributed by atoms with Crippen molar-refractivity contribution in [1.29, 1.82) is 0 Å². The van der Waals surface area contributed by atoms with E-state index in [-0.39, 0.29) is 6.10 Å². The van der Waals surface area contributed by atoms with Crippen molar-refractivity contribution in [1.82, 2.24) is 4.98 Å². The highest BCUT2D eigenvalue weighted by Gasteiger charge is 2.35. The Balaban J connectivity index is 2.24. The van der Waals surface area contributed by atoms with Gasteiger partial charge in [0.15, 0.2) is 0 Å². The first kappa shape index (κ1) is 13.0. The number of hydrogen-bond donors (Lipinski definition) is 1. The van der Waals surface area contributed by atoms with Gasteiger partial charge < -0.3 is 10.5 Å². The summed E-state index contributed by atoms with van der Waals surface area (Å²) in [6.45, 7) is 7.75. The molecule has 1 aliphatic carbocycles. The minimum absolute atomic E-state index is 0.211. The molecule has 1 aliphatic rings. The maximum atomic E-state index is 5.85. The third-order valence-electron chi connectivity index (χ3n) is 3.12. The molecule has 0 aliphatic heterocycles. The summed E-state index contributed by atoms with van der Waals surface area (Å²) in [5.41, 5.74) is 6.96. The van der Waals surface area contributed by atoms with Crippen LogP contribution in [0.5, 0.6) is 0 Å². The standard InChI is InChI=1S/C13H22N2OS/c1-4-16-12(9-5-6-9)13-15-11(8(2)3)10(7-14)17-13/h8-9,12H,4-7,14H2,1-3H3. The van der Waals surface area contributed by atoms with E-state index in [1.54, 1.807) is 11.3 Å². The number of hydrogen-bond acceptors (Lipinski definition) is 4. The molecule has 4 heteroatoms. The first-order chi connectivity index (χ1) is 8.17. The van der Waals surface area contributed by atoms with Crippen LogP contribution in [0.1, 0.15) is 61.2 Å². The number of nitrogens with zero attached hydrogens (tertiary/aromatic N) is 1. The maximum Gasteiger partial charge on any atom is 0.122 e. The molecule has 0 spiro atoms. The summed E-state index contributed by atoms with van der Waals surface area (Å²) in [6, 6.07) is 0. The third kappa shape index (κ3) is 2.87. The monoisotopic (exact) mass is 254 g/mol. The van der Waals surface area contributed by atoms with Crippen LogP contribution in [0.2, 0.25) is 0 Å². The molecule has 2 N–H and O–H groups in total. The van der Waals surface area contributed by atoms with E-state index >= 15 is 0 Å². The van der Waals surface area contributed by atoms with Crippen LogP contribution in [0.15, 0.2) is 0 Å². The van der Waals surface area contributed by atoms with E-state index in [1.165, 1.54) is 17.7 Å². The van der Waals surface area contributed by atoms with E-state index < -0.39 is 0 Å². The fourth-order valence-electron chi connectivity index (χ4n) is 2.09. The summed E-state index contributed by atoms with van der Waals surface area (Å²) in [7, 11) is 0. The van der Waals surface area contributed by atoms with Crippen LogP contribution >= 0.6 is 11.3 Å². The van der Waals surface area contributed by atoms with Crippen molar-refractivity contribution < 1.29 is 4.74 Å². The van der Waals surface area contributed by atoms with Gasteiger partial charge >= 0.3 is 0 Å². The Morgan fingerprint density at radius 2 is 2.18 bits per heavy atom. The van der Waals surface area contributed by atoms with Crippen molar-refractivity contribution in [3.05, 3.63) is 15.6 Å². The minimum atomic E-state index is 0.211. The maximum absolute atomic E-state index is 5.85. The molecule has 1 aromatic heterocycles. The van der Waals surface area contributed by atoms with Gasteiger partial charge in [-0.2, -0.15) is 0 Å². The van der Waals surface area contributed by atoms with Crippen LogP contribution in [-0.4, -0.2) is 11.6 Å². The fraction of sp³-hybridized carbons (Fsp3) is 0.769. The van der Waals surface area contributed by atoms with Crippen LogP contribution in [-0.2, 0) is 11.3 Å². The van der Waals surface area contributed by atoms with Crippen LogP contribution in [0, 0.1) is 5.92 Å². The largest absolute Gasteiger partial charge is 0.371 e. The van der Waals surface area contributed by atoms with Crippen molar-refractivity contribution >= 4 is 11.3 Å². The van der Waals surface area contributed by atoms with Gasteiger partial charge in [0, 0.05) is 18.0 Å². The van der Waals surface area contributed by atoms with Gasteiger partial charge in [-0.25, -0.2) is 4.98 Å². The third-order valence-corrected chi connectivity index (χ3v) is 4.27. The molecule has 3 nitrogen and oxygen atoms in total. The SMILES string of the molecule is CCOC(c1nc(C(C)C)c(CN)s1)C1CC1. The molecular weight excluding hydrogens is 232 g/mol. The molecule has 0 bridgehead atoms. The molecule has 1 heterocycles. The molecule has 1 fully saturated rings. The van der Waals surface area contributed by atoms with E-state index in [9.17, 15) is 0 Å². The van der Waals surface area contributed by atoms with Crippen LogP contribution in [0.4, 0.5) is 0 Å². The Morgan fingerprint density at radius 1 is 1.47 bits per heavy atom. The second-order valence-corrected chi connectivity index (χ2v) is 6.05. The summed E-state index contributed by atoms with van der Waals surface area (Å²) >= 11 is 1.74. The average molecular weight is 254 g/mol. The van der Waals surface area contributed by atoms with E-state index in [4.69, 9.17) is 15.5 Å². The van der Waals surface area contributed by atoms with E-state index in [0.717, 1.165) is 17.3 Å². The molecule has 1 unspecified atom stereocenters. The predicted octanol–water partition coefficient (Wildman–Crippen LogP) is 3.21. The summed E-state index contributed by atoms with van der Waals surface area (Å²) in [4.78, 5) is 6.00. The Hall–Kier alpha value is -0.450. The minimum Gasteiger partial charge on any atom is -0.371 e. The Kier molecular flexibility index (Phi) is 4.17. The normalized spacial score (nSPS) is 17.7. The molecule has 0 amide bonds. The van der Waals surface area contributed by atoms with E-state index in [0.29, 0.717) is 18.4 Å². The van der Waals surface area contributed by atoms with E-state index in [1.807, 2.05) is 0 Å². The van der Waals surface area contributed by atoms with Gasteiger partial charge in [-0.15, -0.1) is 11.3 Å². The van der Waals surface area contributed by atoms with Gasteiger partial charge in [0.2, 0.25) is 0 Å². The van der Waals surface area contributed by atoms with Crippen LogP contribution in [0.25, 0.3) is 0 Å². The lowest BCUT2D eigenvalue weighted by Crippen LogP contribution is -2.06. The summed E-state index contributed by atoms with van der Waals surface area (Å²) in [6.07, 6.45) is 2.76. The number of aromatic nitrogens is 1. The zero-order chi connectivity index (χ0) is 12.4. The van der Waals surface area contributed by atoms with Crippen molar-refractivity contribution in [2.45, 2.75) is 52.2 Å². The zero-order valence-electron chi connectivity index (χ0n) is 10.9. The van der Waals surface area contributed by atoms with Gasteiger partial charge in [0.05, 0.1) is 5.69 Å². The highest BCUT2D eigenvalue weighted by molar-refractivity contribution is 7.11. The van der Waals surface area contributed by atoms with Gasteiger partial charge in [0.25, 0.3) is 0 Å². The fourth-order valence-corrected chi connectivity index (χ4v) is 3.33. The lowest BCUT2D eigenvalue weighted by Gasteiger charge is -2.13. The summed E-state index contributed by atoms with van der Waals surface area (Å²) in [5.74, 6) is 1.13. The molecule has 0 saturated heterocycles. The first-order valence-electron chi connectivity index (χ1n) is 6.48. The smallest absolute Gasteiger partial charge is 0.122 e. The van der Waals surface area contributed by atoms with Crippen molar-refractivity contribution in [2.24, 2.45) is 11.7 Å². The zero-order valence-corrected chi connectivity index (χ0v) is 11.7. The average Bonchev–Trinajstić information content (AvgIpc) is 3.04. The number of ether oxygens (including phenoxy) is 1. The van der Waals surface area contributed by atoms with Crippen molar-refractivity contribution in [2.75, 3.05) is 6.61 Å². The summed E-state index contributed by atoms with van der Waals surface area (Å²) < 4.78 is 5.85. The molecule has 96 valence electrons. The Morgan fingerprint density at radius 3 is 2.59 bits per heavy atom. The lowest BCUT2D eigenvalue weighted by molar-refractivity contribution is 0.0461. The van der Waals surface area contributed by atoms with Crippen LogP contribution < -0.4 is 5.73 Å². The van der Waals surface area contributed by atoms with Gasteiger partial charge in [-0.1, -0.05) is 13.8 Å². The molecule has 17 heavy (non-hydrogen) atoms. The van der Waals surface area contributed by atoms with Gasteiger partial charge in [0.1, 0.15) is 11.1 Å². The first-order valence-corrected chi connectivity index (χ1v) is 7.30. The van der Waals surface area contributed by atoms with Crippen molar-refractivity contribution in [3.8, 4) is 0 Å². The second kappa shape index (κ2) is 5.46. The van der Waals surface area contributed by atoms with Gasteiger partial charge in [-0.05, 0) is 31.6 Å². The molecular formula is C13H22N2OS. The lowest BCUT2D eigenvalue weighted by atomic mass is 10.1. The number of nitrogens with two attached hydrogens (primary N) is 1. The Labute approximate surface area is 107 Å². The predicted molar refractivity (Wildman–Crippen MR) is 71.2 cm³/mol. The van der Waals surface area contributed by atoms with Gasteiger partial charge in [-0.3, -0.25) is 0 Å². The molecule has 1 aromatic rings. The quantitative estimate of drug-likeness (QED) is 0.848. The molecule has 0 aromatic carbocycles. The highest BCUT2D eigenvalue weighted by atomic mass is 32.1. The molecule has 1 saturated carbocycles. The Bertz CT molecular complexity index is 371. The van der Waals surface area contributed by atoms with Crippen molar-refractivity contribution in [3.63, 3.8) is 0 Å². The highest BCUT2D eigenvalue weighted by Crippen LogP contribution is 2.45.